The van der Waals surface area contributed by atoms with Crippen molar-refractivity contribution in [2.24, 2.45) is 0 Å². The van der Waals surface area contributed by atoms with Crippen LogP contribution in [0.3, 0.4) is 0 Å². The molecule has 4 heteroatoms. The molecule has 1 aliphatic heterocycles. The summed E-state index contributed by atoms with van der Waals surface area (Å²) in [5.74, 6) is 2.02. The van der Waals surface area contributed by atoms with Crippen molar-refractivity contribution in [3.05, 3.63) is 11.8 Å². The van der Waals surface area contributed by atoms with Crippen LogP contribution >= 0.6 is 0 Å². The van der Waals surface area contributed by atoms with Crippen molar-refractivity contribution in [1.29, 1.82) is 0 Å². The maximum absolute atomic E-state index is 4.79. The molecule has 1 saturated heterocycles. The maximum atomic E-state index is 4.79. The molecule has 4 nitrogen and oxygen atoms in total. The first-order valence-corrected chi connectivity index (χ1v) is 7.60. The fourth-order valence-corrected chi connectivity index (χ4v) is 2.64. The molecule has 0 bridgehead atoms. The fourth-order valence-electron chi connectivity index (χ4n) is 2.64. The minimum absolute atomic E-state index is 0.908. The van der Waals surface area contributed by atoms with Gasteiger partial charge in [0.2, 0.25) is 5.95 Å². The molecule has 106 valence electrons. The lowest BCUT2D eigenvalue weighted by Gasteiger charge is -2.24. The Labute approximate surface area is 116 Å². The van der Waals surface area contributed by atoms with Gasteiger partial charge in [-0.05, 0) is 32.6 Å². The third-order valence-electron chi connectivity index (χ3n) is 3.53. The minimum atomic E-state index is 0.908. The third kappa shape index (κ3) is 3.58. The second-order valence-corrected chi connectivity index (χ2v) is 5.35. The predicted molar refractivity (Wildman–Crippen MR) is 81.0 cm³/mol. The van der Waals surface area contributed by atoms with Gasteiger partial charge in [-0.2, -0.15) is 4.98 Å². The van der Waals surface area contributed by atoms with E-state index in [1.807, 2.05) is 0 Å². The van der Waals surface area contributed by atoms with E-state index < -0.39 is 0 Å². The lowest BCUT2D eigenvalue weighted by Crippen LogP contribution is -2.28. The normalized spacial score (nSPS) is 15.0. The van der Waals surface area contributed by atoms with E-state index in [4.69, 9.17) is 4.98 Å². The van der Waals surface area contributed by atoms with Crippen LogP contribution in [0.2, 0.25) is 0 Å². The topological polar surface area (TPSA) is 32.3 Å². The van der Waals surface area contributed by atoms with Crippen molar-refractivity contribution in [1.82, 2.24) is 9.97 Å². The highest BCUT2D eigenvalue weighted by molar-refractivity contribution is 5.46. The lowest BCUT2D eigenvalue weighted by atomic mass is 10.3. The number of hydrogen-bond donors (Lipinski definition) is 0. The van der Waals surface area contributed by atoms with Gasteiger partial charge in [-0.3, -0.25) is 0 Å². The van der Waals surface area contributed by atoms with Gasteiger partial charge in [0.05, 0.1) is 0 Å². The van der Waals surface area contributed by atoms with Crippen LogP contribution in [-0.4, -0.2) is 36.1 Å². The van der Waals surface area contributed by atoms with Gasteiger partial charge in [-0.25, -0.2) is 4.98 Å². The van der Waals surface area contributed by atoms with Crippen LogP contribution in [0.15, 0.2) is 6.07 Å². The molecule has 1 aliphatic rings. The van der Waals surface area contributed by atoms with Crippen LogP contribution in [0.1, 0.15) is 45.2 Å². The summed E-state index contributed by atoms with van der Waals surface area (Å²) in [6.07, 6.45) is 4.84. The van der Waals surface area contributed by atoms with E-state index in [0.717, 1.165) is 56.5 Å². The number of rotatable bonds is 6. The Kier molecular flexibility index (Phi) is 5.00. The number of aryl methyl sites for hydroxylation is 1. The molecule has 0 saturated carbocycles. The lowest BCUT2D eigenvalue weighted by molar-refractivity contribution is 0.717. The summed E-state index contributed by atoms with van der Waals surface area (Å²) in [6, 6.07) is 2.12. The average Bonchev–Trinajstić information content (AvgIpc) is 2.91. The molecule has 0 amide bonds. The predicted octanol–water partition coefficient (Wildman–Crippen LogP) is 3.01. The van der Waals surface area contributed by atoms with Crippen molar-refractivity contribution < 1.29 is 0 Å². The Morgan fingerprint density at radius 1 is 1.11 bits per heavy atom. The molecule has 0 radical (unpaired) electrons. The zero-order valence-corrected chi connectivity index (χ0v) is 12.5. The summed E-state index contributed by atoms with van der Waals surface area (Å²) in [7, 11) is 0. The molecule has 0 aromatic carbocycles. The Morgan fingerprint density at radius 2 is 1.74 bits per heavy atom. The smallest absolute Gasteiger partial charge is 0.227 e. The minimum Gasteiger partial charge on any atom is -0.356 e. The van der Waals surface area contributed by atoms with Gasteiger partial charge in [-0.1, -0.05) is 13.8 Å². The van der Waals surface area contributed by atoms with Crippen molar-refractivity contribution in [3.63, 3.8) is 0 Å². The highest BCUT2D eigenvalue weighted by Crippen LogP contribution is 2.21. The molecule has 2 rings (SSSR count). The van der Waals surface area contributed by atoms with Gasteiger partial charge < -0.3 is 9.80 Å². The molecule has 0 unspecified atom stereocenters. The average molecular weight is 262 g/mol. The summed E-state index contributed by atoms with van der Waals surface area (Å²) in [5.41, 5.74) is 1.07. The van der Waals surface area contributed by atoms with Crippen LogP contribution in [0.25, 0.3) is 0 Å². The number of aromatic nitrogens is 2. The van der Waals surface area contributed by atoms with Gasteiger partial charge >= 0.3 is 0 Å². The molecule has 1 fully saturated rings. The molecular formula is C15H26N4. The molecule has 1 aromatic heterocycles. The van der Waals surface area contributed by atoms with E-state index in [0.29, 0.717) is 0 Å². The molecular weight excluding hydrogens is 236 g/mol. The zero-order valence-electron chi connectivity index (χ0n) is 12.5. The van der Waals surface area contributed by atoms with E-state index in [1.54, 1.807) is 0 Å². The number of hydrogen-bond acceptors (Lipinski definition) is 4. The van der Waals surface area contributed by atoms with E-state index >= 15 is 0 Å². The van der Waals surface area contributed by atoms with Crippen LogP contribution < -0.4 is 9.80 Å². The van der Waals surface area contributed by atoms with Crippen LogP contribution in [0.4, 0.5) is 11.8 Å². The highest BCUT2D eigenvalue weighted by atomic mass is 15.3. The third-order valence-corrected chi connectivity index (χ3v) is 3.53. The summed E-state index contributed by atoms with van der Waals surface area (Å²) in [4.78, 5) is 14.1. The Hall–Kier alpha value is -1.32. The second-order valence-electron chi connectivity index (χ2n) is 5.35. The summed E-state index contributed by atoms with van der Waals surface area (Å²) < 4.78 is 0. The van der Waals surface area contributed by atoms with E-state index in [2.05, 4.69) is 41.6 Å². The standard InChI is InChI=1S/C15H26N4/c1-4-8-19(9-5-2)15-16-13(3)12-14(17-15)18-10-6-7-11-18/h12H,4-11H2,1-3H3. The molecule has 19 heavy (non-hydrogen) atoms. The van der Waals surface area contributed by atoms with E-state index in [1.165, 1.54) is 12.8 Å². The van der Waals surface area contributed by atoms with Gasteiger partial charge in [0.15, 0.2) is 0 Å². The van der Waals surface area contributed by atoms with Crippen molar-refractivity contribution >= 4 is 11.8 Å². The quantitative estimate of drug-likeness (QED) is 0.789. The number of nitrogens with zero attached hydrogens (tertiary/aromatic N) is 4. The van der Waals surface area contributed by atoms with Gasteiger partial charge in [0.1, 0.15) is 5.82 Å². The highest BCUT2D eigenvalue weighted by Gasteiger charge is 2.16. The first-order chi connectivity index (χ1) is 9.24. The zero-order chi connectivity index (χ0) is 13.7. The van der Waals surface area contributed by atoms with Crippen molar-refractivity contribution in [2.75, 3.05) is 36.0 Å². The molecule has 0 N–H and O–H groups in total. The van der Waals surface area contributed by atoms with Crippen molar-refractivity contribution in [3.8, 4) is 0 Å². The maximum Gasteiger partial charge on any atom is 0.227 e. The first kappa shape index (κ1) is 14.1. The Bertz CT molecular complexity index is 393. The molecule has 0 aliphatic carbocycles. The van der Waals surface area contributed by atoms with Gasteiger partial charge in [0, 0.05) is 37.9 Å². The van der Waals surface area contributed by atoms with E-state index in [-0.39, 0.29) is 0 Å². The monoisotopic (exact) mass is 262 g/mol. The van der Waals surface area contributed by atoms with Gasteiger partial charge in [-0.15, -0.1) is 0 Å². The summed E-state index contributed by atoms with van der Waals surface area (Å²) in [5, 5.41) is 0. The SMILES string of the molecule is CCCN(CCC)c1nc(C)cc(N2CCCC2)n1. The summed E-state index contributed by atoms with van der Waals surface area (Å²) >= 11 is 0. The van der Waals surface area contributed by atoms with Crippen LogP contribution in [0.5, 0.6) is 0 Å². The van der Waals surface area contributed by atoms with Crippen LogP contribution in [0, 0.1) is 6.92 Å². The number of anilines is 2. The first-order valence-electron chi connectivity index (χ1n) is 7.60. The Morgan fingerprint density at radius 3 is 2.32 bits per heavy atom. The molecule has 0 spiro atoms. The Balaban J connectivity index is 2.23. The van der Waals surface area contributed by atoms with E-state index in [9.17, 15) is 0 Å². The van der Waals surface area contributed by atoms with Crippen LogP contribution in [-0.2, 0) is 0 Å². The largest absolute Gasteiger partial charge is 0.356 e. The molecule has 0 atom stereocenters. The van der Waals surface area contributed by atoms with Crippen molar-refractivity contribution in [2.45, 2.75) is 46.5 Å². The molecule has 1 aromatic rings. The second kappa shape index (κ2) is 6.73. The molecule has 2 heterocycles. The fraction of sp³-hybridized carbons (Fsp3) is 0.733. The van der Waals surface area contributed by atoms with Gasteiger partial charge in [0.25, 0.3) is 0 Å². The summed E-state index contributed by atoms with van der Waals surface area (Å²) in [6.45, 7) is 10.8.